The van der Waals surface area contributed by atoms with Crippen molar-refractivity contribution < 1.29 is 17.7 Å². The molecule has 0 spiro atoms. The van der Waals surface area contributed by atoms with Crippen molar-refractivity contribution in [3.05, 3.63) is 41.3 Å². The number of sulfonamides is 1. The van der Waals surface area contributed by atoms with E-state index < -0.39 is 10.0 Å². The largest absolute Gasteiger partial charge is 0.361 e. The molecule has 0 saturated heterocycles. The van der Waals surface area contributed by atoms with Crippen LogP contribution in [0.5, 0.6) is 0 Å². The lowest BCUT2D eigenvalue weighted by Crippen LogP contribution is -2.29. The van der Waals surface area contributed by atoms with Crippen molar-refractivity contribution in [2.45, 2.75) is 37.3 Å². The lowest BCUT2D eigenvalue weighted by molar-refractivity contribution is -0.113. The molecular formula is C18H22N4O4S2. The van der Waals surface area contributed by atoms with Crippen molar-refractivity contribution in [1.82, 2.24) is 9.88 Å². The molecule has 1 amide bonds. The summed E-state index contributed by atoms with van der Waals surface area (Å²) in [5.41, 5.74) is 2.24. The summed E-state index contributed by atoms with van der Waals surface area (Å²) in [7, 11) is -3.71. The minimum Gasteiger partial charge on any atom is -0.361 e. The zero-order valence-electron chi connectivity index (χ0n) is 15.7. The van der Waals surface area contributed by atoms with Crippen LogP contribution in [-0.4, -0.2) is 37.6 Å². The van der Waals surface area contributed by atoms with Gasteiger partial charge in [0.1, 0.15) is 11.6 Å². The number of thioether (sulfide) groups is 1. The van der Waals surface area contributed by atoms with Gasteiger partial charge in [-0.05, 0) is 38.5 Å². The number of benzene rings is 1. The normalized spacial score (nSPS) is 14.0. The van der Waals surface area contributed by atoms with Crippen LogP contribution < -0.4 is 10.0 Å². The molecule has 0 atom stereocenters. The zero-order valence-corrected chi connectivity index (χ0v) is 17.3. The van der Waals surface area contributed by atoms with E-state index in [1.54, 1.807) is 12.1 Å². The number of aromatic nitrogens is 1. The zero-order chi connectivity index (χ0) is 20.1. The number of nitrogens with zero attached hydrogens (tertiary/aromatic N) is 2. The number of anilines is 1. The molecule has 0 saturated carbocycles. The number of rotatable bonds is 7. The molecule has 28 heavy (non-hydrogen) atoms. The van der Waals surface area contributed by atoms with Crippen molar-refractivity contribution in [3.63, 3.8) is 0 Å². The highest BCUT2D eigenvalue weighted by Crippen LogP contribution is 2.20. The fraction of sp³-hybridized carbons (Fsp3) is 0.389. The molecule has 10 heteroatoms. The lowest BCUT2D eigenvalue weighted by atomic mass is 10.2. The summed E-state index contributed by atoms with van der Waals surface area (Å²) in [6.07, 6.45) is 1.47. The van der Waals surface area contributed by atoms with E-state index in [1.807, 2.05) is 13.8 Å². The fourth-order valence-corrected chi connectivity index (χ4v) is 4.84. The SMILES string of the molecule is Cc1noc(C)c1CSCC(=O)Nc1cccc(S(=O)(=O)NC2=NCCC2)c1. The van der Waals surface area contributed by atoms with Gasteiger partial charge in [0.15, 0.2) is 0 Å². The molecule has 150 valence electrons. The van der Waals surface area contributed by atoms with E-state index in [1.165, 1.54) is 23.9 Å². The third-order valence-corrected chi connectivity index (χ3v) is 6.55. The topological polar surface area (TPSA) is 114 Å². The standard InChI is InChI=1S/C18H22N4O4S2/c1-12-16(13(2)26-21-12)10-27-11-18(23)20-14-5-3-6-15(9-14)28(24,25)22-17-7-4-8-19-17/h3,5-6,9H,4,7-8,10-11H2,1-2H3,(H,19,22)(H,20,23). The number of nitrogens with one attached hydrogen (secondary N) is 2. The molecule has 0 aliphatic carbocycles. The Morgan fingerprint density at radius 1 is 1.32 bits per heavy atom. The Hall–Kier alpha value is -2.33. The monoisotopic (exact) mass is 422 g/mol. The number of aryl methyl sites for hydroxylation is 2. The molecule has 2 heterocycles. The molecular weight excluding hydrogens is 400 g/mol. The number of carbonyl (C=O) groups excluding carboxylic acids is 1. The maximum atomic E-state index is 12.5. The predicted molar refractivity (Wildman–Crippen MR) is 109 cm³/mol. The first kappa shape index (κ1) is 20.4. The average Bonchev–Trinajstić information content (AvgIpc) is 3.26. The first-order valence-corrected chi connectivity index (χ1v) is 11.4. The van der Waals surface area contributed by atoms with E-state index in [9.17, 15) is 13.2 Å². The molecule has 0 radical (unpaired) electrons. The summed E-state index contributed by atoms with van der Waals surface area (Å²) in [4.78, 5) is 16.4. The van der Waals surface area contributed by atoms with Gasteiger partial charge >= 0.3 is 0 Å². The minimum atomic E-state index is -3.71. The summed E-state index contributed by atoms with van der Waals surface area (Å²) >= 11 is 1.44. The first-order valence-electron chi connectivity index (χ1n) is 8.81. The third kappa shape index (κ3) is 5.14. The van der Waals surface area contributed by atoms with Crippen LogP contribution >= 0.6 is 11.8 Å². The van der Waals surface area contributed by atoms with Crippen LogP contribution in [0.2, 0.25) is 0 Å². The van der Waals surface area contributed by atoms with E-state index in [0.717, 1.165) is 23.4 Å². The minimum absolute atomic E-state index is 0.0864. The second kappa shape index (κ2) is 8.78. The van der Waals surface area contributed by atoms with Gasteiger partial charge in [-0.3, -0.25) is 14.5 Å². The van der Waals surface area contributed by atoms with Crippen molar-refractivity contribution in [2.24, 2.45) is 4.99 Å². The van der Waals surface area contributed by atoms with Gasteiger partial charge in [-0.2, -0.15) is 0 Å². The van der Waals surface area contributed by atoms with Gasteiger partial charge in [-0.15, -0.1) is 11.8 Å². The smallest absolute Gasteiger partial charge is 0.262 e. The van der Waals surface area contributed by atoms with E-state index in [4.69, 9.17) is 4.52 Å². The molecule has 1 aliphatic rings. The van der Waals surface area contributed by atoms with E-state index in [0.29, 0.717) is 30.2 Å². The van der Waals surface area contributed by atoms with Gasteiger partial charge in [0.05, 0.1) is 16.3 Å². The fourth-order valence-electron chi connectivity index (χ4n) is 2.73. The maximum absolute atomic E-state index is 12.5. The first-order chi connectivity index (χ1) is 13.3. The second-order valence-corrected chi connectivity index (χ2v) is 9.08. The van der Waals surface area contributed by atoms with Gasteiger partial charge in [0.25, 0.3) is 10.0 Å². The highest BCUT2D eigenvalue weighted by molar-refractivity contribution is 7.99. The Labute approximate surface area is 168 Å². The van der Waals surface area contributed by atoms with Gasteiger partial charge < -0.3 is 9.84 Å². The molecule has 0 unspecified atom stereocenters. The van der Waals surface area contributed by atoms with E-state index in [2.05, 4.69) is 20.2 Å². The number of amides is 1. The van der Waals surface area contributed by atoms with Crippen LogP contribution in [0.15, 0.2) is 38.7 Å². The average molecular weight is 423 g/mol. The van der Waals surface area contributed by atoms with Crippen molar-refractivity contribution in [1.29, 1.82) is 0 Å². The number of hydrogen-bond donors (Lipinski definition) is 2. The Morgan fingerprint density at radius 3 is 2.82 bits per heavy atom. The Balaban J connectivity index is 1.57. The van der Waals surface area contributed by atoms with Crippen LogP contribution in [-0.2, 0) is 20.6 Å². The quantitative estimate of drug-likeness (QED) is 0.709. The molecule has 2 aromatic rings. The molecule has 0 fully saturated rings. The number of hydrogen-bond acceptors (Lipinski definition) is 7. The van der Waals surface area contributed by atoms with Crippen LogP contribution in [0.25, 0.3) is 0 Å². The number of amidine groups is 1. The highest BCUT2D eigenvalue weighted by atomic mass is 32.2. The van der Waals surface area contributed by atoms with Crippen LogP contribution in [0, 0.1) is 13.8 Å². The van der Waals surface area contributed by atoms with Crippen LogP contribution in [0.4, 0.5) is 5.69 Å². The van der Waals surface area contributed by atoms with Crippen LogP contribution in [0.1, 0.15) is 29.9 Å². The molecule has 1 aromatic carbocycles. The summed E-state index contributed by atoms with van der Waals surface area (Å²) in [6, 6.07) is 6.18. The van der Waals surface area contributed by atoms with Gasteiger partial charge in [-0.25, -0.2) is 8.42 Å². The molecule has 0 bridgehead atoms. The number of aliphatic imine (C=N–C) groups is 1. The highest BCUT2D eigenvalue weighted by Gasteiger charge is 2.19. The van der Waals surface area contributed by atoms with Gasteiger partial charge in [0.2, 0.25) is 5.91 Å². The van der Waals surface area contributed by atoms with E-state index >= 15 is 0 Å². The summed E-state index contributed by atoms with van der Waals surface area (Å²) in [5.74, 6) is 1.87. The maximum Gasteiger partial charge on any atom is 0.262 e. The molecule has 1 aliphatic heterocycles. The second-order valence-electron chi connectivity index (χ2n) is 6.41. The molecule has 3 rings (SSSR count). The summed E-state index contributed by atoms with van der Waals surface area (Å²) < 4.78 is 32.5. The Morgan fingerprint density at radius 2 is 2.14 bits per heavy atom. The number of carbonyl (C=O) groups is 1. The van der Waals surface area contributed by atoms with E-state index in [-0.39, 0.29) is 16.6 Å². The van der Waals surface area contributed by atoms with Gasteiger partial charge in [-0.1, -0.05) is 11.2 Å². The summed E-state index contributed by atoms with van der Waals surface area (Å²) in [5, 5.41) is 6.63. The Kier molecular flexibility index (Phi) is 6.40. The molecule has 1 aromatic heterocycles. The van der Waals surface area contributed by atoms with Gasteiger partial charge in [0, 0.05) is 30.0 Å². The van der Waals surface area contributed by atoms with Crippen molar-refractivity contribution in [2.75, 3.05) is 17.6 Å². The van der Waals surface area contributed by atoms with Crippen molar-refractivity contribution in [3.8, 4) is 0 Å². The predicted octanol–water partition coefficient (Wildman–Crippen LogP) is 2.63. The molecule has 8 nitrogen and oxygen atoms in total. The Bertz CT molecular complexity index is 979. The van der Waals surface area contributed by atoms with Crippen molar-refractivity contribution >= 4 is 39.2 Å². The molecule has 2 N–H and O–H groups in total. The third-order valence-electron chi connectivity index (χ3n) is 4.22. The lowest BCUT2D eigenvalue weighted by Gasteiger charge is -2.10. The van der Waals surface area contributed by atoms with Crippen LogP contribution in [0.3, 0.4) is 0 Å². The summed E-state index contributed by atoms with van der Waals surface area (Å²) in [6.45, 7) is 4.34.